The van der Waals surface area contributed by atoms with Gasteiger partial charge >= 0.3 is 0 Å². The first kappa shape index (κ1) is 23.1. The molecule has 2 aromatic carbocycles. The minimum atomic E-state index is 0.297. The van der Waals surface area contributed by atoms with Gasteiger partial charge in [0.1, 0.15) is 5.75 Å². The Labute approximate surface area is 197 Å². The minimum absolute atomic E-state index is 0.297. The largest absolute Gasteiger partial charge is 0.496 e. The number of methoxy groups -OCH3 is 3. The van der Waals surface area contributed by atoms with E-state index in [1.807, 2.05) is 35.2 Å². The van der Waals surface area contributed by atoms with Gasteiger partial charge in [-0.1, -0.05) is 18.2 Å². The molecule has 1 fully saturated rings. The second kappa shape index (κ2) is 11.1. The monoisotopic (exact) mass is 465 g/mol. The molecule has 1 aliphatic rings. The summed E-state index contributed by atoms with van der Waals surface area (Å²) in [6.45, 7) is 2.63. The third kappa shape index (κ3) is 5.62. The Morgan fingerprint density at radius 3 is 2.26 bits per heavy atom. The predicted molar refractivity (Wildman–Crippen MR) is 130 cm³/mol. The summed E-state index contributed by atoms with van der Waals surface area (Å²) in [5.41, 5.74) is 4.46. The van der Waals surface area contributed by atoms with Gasteiger partial charge in [0.25, 0.3) is 0 Å². The van der Waals surface area contributed by atoms with Crippen LogP contribution in [0.4, 0.5) is 23.5 Å². The Morgan fingerprint density at radius 2 is 1.56 bits per heavy atom. The van der Waals surface area contributed by atoms with Gasteiger partial charge < -0.3 is 29.2 Å². The van der Waals surface area contributed by atoms with Crippen LogP contribution >= 0.6 is 0 Å². The first-order valence-corrected chi connectivity index (χ1v) is 10.7. The summed E-state index contributed by atoms with van der Waals surface area (Å²) in [5.74, 6) is 2.95. The molecular weight excluding hydrogens is 438 g/mol. The summed E-state index contributed by atoms with van der Waals surface area (Å²) >= 11 is 0. The number of anilines is 4. The molecule has 2 heterocycles. The third-order valence-electron chi connectivity index (χ3n) is 5.05. The van der Waals surface area contributed by atoms with Crippen LogP contribution in [0.5, 0.6) is 17.2 Å². The summed E-state index contributed by atoms with van der Waals surface area (Å²) in [5, 5.41) is 7.53. The van der Waals surface area contributed by atoms with E-state index in [0.717, 1.165) is 5.69 Å². The highest BCUT2D eigenvalue weighted by atomic mass is 16.5. The van der Waals surface area contributed by atoms with Crippen LogP contribution in [0.3, 0.4) is 0 Å². The van der Waals surface area contributed by atoms with Gasteiger partial charge in [-0.3, -0.25) is 0 Å². The molecule has 2 N–H and O–H groups in total. The lowest BCUT2D eigenvalue weighted by Gasteiger charge is -2.27. The molecule has 11 heteroatoms. The zero-order chi connectivity index (χ0) is 23.8. The zero-order valence-corrected chi connectivity index (χ0v) is 19.3. The number of ether oxygens (including phenoxy) is 4. The van der Waals surface area contributed by atoms with E-state index in [1.54, 1.807) is 39.7 Å². The molecule has 1 aliphatic heterocycles. The van der Waals surface area contributed by atoms with Gasteiger partial charge in [-0.25, -0.2) is 5.43 Å². The predicted octanol–water partition coefficient (Wildman–Crippen LogP) is 2.92. The number of aromatic nitrogens is 3. The summed E-state index contributed by atoms with van der Waals surface area (Å²) < 4.78 is 21.6. The number of morpholine rings is 1. The van der Waals surface area contributed by atoms with Crippen LogP contribution in [0.1, 0.15) is 5.56 Å². The molecule has 11 nitrogen and oxygen atoms in total. The molecular formula is C23H27N7O4. The number of benzene rings is 2. The highest BCUT2D eigenvalue weighted by Gasteiger charge is 2.17. The molecule has 34 heavy (non-hydrogen) atoms. The smallest absolute Gasteiger partial charge is 0.250 e. The van der Waals surface area contributed by atoms with E-state index in [-0.39, 0.29) is 0 Å². The van der Waals surface area contributed by atoms with Gasteiger partial charge in [0.2, 0.25) is 17.8 Å². The van der Waals surface area contributed by atoms with Crippen LogP contribution in [-0.2, 0) is 4.74 Å². The number of hydrazone groups is 1. The van der Waals surface area contributed by atoms with Crippen molar-refractivity contribution in [2.75, 3.05) is 63.3 Å². The average Bonchev–Trinajstić information content (AvgIpc) is 2.89. The van der Waals surface area contributed by atoms with Crippen LogP contribution in [0.15, 0.2) is 47.6 Å². The Balaban J connectivity index is 1.59. The molecule has 3 aromatic rings. The Kier molecular flexibility index (Phi) is 7.56. The lowest BCUT2D eigenvalue weighted by molar-refractivity contribution is 0.122. The molecule has 178 valence electrons. The van der Waals surface area contributed by atoms with E-state index in [9.17, 15) is 0 Å². The molecule has 0 unspecified atom stereocenters. The maximum Gasteiger partial charge on any atom is 0.250 e. The molecule has 0 saturated carbocycles. The molecule has 0 radical (unpaired) electrons. The van der Waals surface area contributed by atoms with E-state index < -0.39 is 0 Å². The van der Waals surface area contributed by atoms with Crippen molar-refractivity contribution in [3.05, 3.63) is 48.0 Å². The molecule has 0 bridgehead atoms. The highest BCUT2D eigenvalue weighted by molar-refractivity contribution is 5.85. The van der Waals surface area contributed by atoms with Crippen molar-refractivity contribution in [2.45, 2.75) is 0 Å². The van der Waals surface area contributed by atoms with Gasteiger partial charge in [0.15, 0.2) is 11.5 Å². The summed E-state index contributed by atoms with van der Waals surface area (Å²) in [6, 6.07) is 13.2. The number of para-hydroxylation sites is 1. The first-order valence-electron chi connectivity index (χ1n) is 10.7. The first-order chi connectivity index (χ1) is 16.7. The summed E-state index contributed by atoms with van der Waals surface area (Å²) in [6.07, 6.45) is 1.60. The quantitative estimate of drug-likeness (QED) is 0.361. The Bertz CT molecular complexity index is 1120. The molecule has 0 atom stereocenters. The lowest BCUT2D eigenvalue weighted by Crippen LogP contribution is -2.37. The number of nitrogens with zero attached hydrogens (tertiary/aromatic N) is 5. The average molecular weight is 466 g/mol. The number of nitrogens with one attached hydrogen (secondary N) is 2. The van der Waals surface area contributed by atoms with E-state index in [2.05, 4.69) is 30.8 Å². The normalized spacial score (nSPS) is 13.6. The van der Waals surface area contributed by atoms with Crippen molar-refractivity contribution >= 4 is 29.7 Å². The zero-order valence-electron chi connectivity index (χ0n) is 19.3. The molecule has 1 aromatic heterocycles. The SMILES string of the molecule is COc1cc(OC)c(OC)cc1/C=N\Nc1nc(Nc2ccccc2)nc(N2CCOCC2)n1. The van der Waals surface area contributed by atoms with Crippen LogP contribution in [0.25, 0.3) is 0 Å². The summed E-state index contributed by atoms with van der Waals surface area (Å²) in [4.78, 5) is 15.6. The van der Waals surface area contributed by atoms with Crippen LogP contribution in [-0.4, -0.2) is 68.8 Å². The molecule has 1 saturated heterocycles. The van der Waals surface area contributed by atoms with Gasteiger partial charge in [0, 0.05) is 30.4 Å². The van der Waals surface area contributed by atoms with Crippen LogP contribution < -0.4 is 29.9 Å². The van der Waals surface area contributed by atoms with Crippen molar-refractivity contribution in [1.29, 1.82) is 0 Å². The molecule has 0 aliphatic carbocycles. The van der Waals surface area contributed by atoms with Crippen molar-refractivity contribution in [3.8, 4) is 17.2 Å². The Morgan fingerprint density at radius 1 is 0.882 bits per heavy atom. The second-order valence-corrected chi connectivity index (χ2v) is 7.19. The molecule has 4 rings (SSSR count). The van der Waals surface area contributed by atoms with Gasteiger partial charge in [-0.15, -0.1) is 0 Å². The van der Waals surface area contributed by atoms with E-state index in [4.69, 9.17) is 18.9 Å². The van der Waals surface area contributed by atoms with Gasteiger partial charge in [-0.05, 0) is 18.2 Å². The van der Waals surface area contributed by atoms with Gasteiger partial charge in [0.05, 0.1) is 40.8 Å². The van der Waals surface area contributed by atoms with E-state index in [1.165, 1.54) is 0 Å². The van der Waals surface area contributed by atoms with E-state index >= 15 is 0 Å². The fourth-order valence-electron chi connectivity index (χ4n) is 3.34. The van der Waals surface area contributed by atoms with Crippen molar-refractivity contribution in [2.24, 2.45) is 5.10 Å². The summed E-state index contributed by atoms with van der Waals surface area (Å²) in [7, 11) is 4.72. The highest BCUT2D eigenvalue weighted by Crippen LogP contribution is 2.33. The second-order valence-electron chi connectivity index (χ2n) is 7.19. The number of hydrogen-bond donors (Lipinski definition) is 2. The fourth-order valence-corrected chi connectivity index (χ4v) is 3.34. The standard InChI is InChI=1S/C23H27N7O4/c1-31-18-14-20(33-3)19(32-2)13-16(18)15-24-29-22-26-21(25-17-7-5-4-6-8-17)27-23(28-22)30-9-11-34-12-10-30/h4-8,13-15H,9-12H2,1-3H3,(H2,25,26,27,28,29)/b24-15-. The van der Waals surface area contributed by atoms with Crippen molar-refractivity contribution in [1.82, 2.24) is 15.0 Å². The van der Waals surface area contributed by atoms with Crippen molar-refractivity contribution in [3.63, 3.8) is 0 Å². The Hall–Kier alpha value is -4.12. The molecule has 0 spiro atoms. The number of rotatable bonds is 9. The maximum absolute atomic E-state index is 5.45. The topological polar surface area (TPSA) is 115 Å². The third-order valence-corrected chi connectivity index (χ3v) is 5.05. The van der Waals surface area contributed by atoms with Gasteiger partial charge in [-0.2, -0.15) is 20.1 Å². The van der Waals surface area contributed by atoms with Crippen LogP contribution in [0.2, 0.25) is 0 Å². The molecule has 0 amide bonds. The van der Waals surface area contributed by atoms with Crippen molar-refractivity contribution < 1.29 is 18.9 Å². The van der Waals surface area contributed by atoms with Crippen LogP contribution in [0, 0.1) is 0 Å². The van der Waals surface area contributed by atoms with E-state index in [0.29, 0.717) is 67.0 Å². The maximum atomic E-state index is 5.45. The number of hydrogen-bond acceptors (Lipinski definition) is 11. The fraction of sp³-hybridized carbons (Fsp3) is 0.304. The minimum Gasteiger partial charge on any atom is -0.496 e. The lowest BCUT2D eigenvalue weighted by atomic mass is 10.2.